The first-order valence-electron chi connectivity index (χ1n) is 7.86. The number of carbonyl (C=O) groups is 1. The molecule has 1 unspecified atom stereocenters. The van der Waals surface area contributed by atoms with Crippen molar-refractivity contribution in [2.24, 2.45) is 10.7 Å². The topological polar surface area (TPSA) is 88.7 Å². The molecular formula is C18H20ClIN4O2. The van der Waals surface area contributed by atoms with Crippen LogP contribution >= 0.6 is 35.6 Å². The van der Waals surface area contributed by atoms with E-state index in [0.717, 1.165) is 11.3 Å². The van der Waals surface area contributed by atoms with Gasteiger partial charge in [-0.15, -0.1) is 24.0 Å². The van der Waals surface area contributed by atoms with Gasteiger partial charge in [0.05, 0.1) is 18.7 Å². The molecule has 2 aromatic carbocycles. The molecule has 0 aliphatic carbocycles. The fourth-order valence-electron chi connectivity index (χ4n) is 2.80. The molecule has 3 rings (SSSR count). The minimum atomic E-state index is -0.00707. The molecular weight excluding hydrogens is 467 g/mol. The van der Waals surface area contributed by atoms with E-state index in [0.29, 0.717) is 29.4 Å². The first kappa shape index (κ1) is 20.3. The smallest absolute Gasteiger partial charge is 0.225 e. The van der Waals surface area contributed by atoms with Gasteiger partial charge in [-0.2, -0.15) is 0 Å². The lowest BCUT2D eigenvalue weighted by Gasteiger charge is -2.24. The number of guanidine groups is 1. The predicted molar refractivity (Wildman–Crippen MR) is 116 cm³/mol. The Morgan fingerprint density at radius 3 is 2.88 bits per heavy atom. The molecule has 0 spiro atoms. The van der Waals surface area contributed by atoms with Crippen molar-refractivity contribution in [2.75, 3.05) is 24.3 Å². The molecule has 1 heterocycles. The number of para-hydroxylation sites is 1. The number of carbonyl (C=O) groups excluding carboxylic acids is 1. The van der Waals surface area contributed by atoms with Crippen LogP contribution in [0.1, 0.15) is 17.9 Å². The Balaban J connectivity index is 0.00000243. The van der Waals surface area contributed by atoms with E-state index in [2.05, 4.69) is 15.6 Å². The number of nitrogens with two attached hydrogens (primary N) is 1. The summed E-state index contributed by atoms with van der Waals surface area (Å²) in [6.45, 7) is 0.424. The van der Waals surface area contributed by atoms with Crippen LogP contribution in [0.2, 0.25) is 5.02 Å². The molecule has 6 nitrogen and oxygen atoms in total. The molecule has 0 aromatic heterocycles. The number of rotatable bonds is 4. The van der Waals surface area contributed by atoms with E-state index >= 15 is 0 Å². The summed E-state index contributed by atoms with van der Waals surface area (Å²) in [5.41, 5.74) is 8.59. The number of ether oxygens (including phenoxy) is 1. The van der Waals surface area contributed by atoms with Crippen LogP contribution in [0.3, 0.4) is 0 Å². The lowest BCUT2D eigenvalue weighted by atomic mass is 9.91. The average Bonchev–Trinajstić information content (AvgIpc) is 2.59. The minimum absolute atomic E-state index is 0. The monoisotopic (exact) mass is 486 g/mol. The van der Waals surface area contributed by atoms with Gasteiger partial charge in [0.1, 0.15) is 5.75 Å². The van der Waals surface area contributed by atoms with Gasteiger partial charge in [0, 0.05) is 23.7 Å². The maximum absolute atomic E-state index is 11.8. The summed E-state index contributed by atoms with van der Waals surface area (Å²) in [4.78, 5) is 16.2. The number of amides is 1. The molecule has 2 aromatic rings. The maximum Gasteiger partial charge on any atom is 0.225 e. The van der Waals surface area contributed by atoms with Gasteiger partial charge in [0.25, 0.3) is 0 Å². The lowest BCUT2D eigenvalue weighted by Crippen LogP contribution is -2.27. The largest absolute Gasteiger partial charge is 0.495 e. The van der Waals surface area contributed by atoms with E-state index < -0.39 is 0 Å². The van der Waals surface area contributed by atoms with Crippen LogP contribution in [0.15, 0.2) is 47.5 Å². The second-order valence-corrected chi connectivity index (χ2v) is 6.14. The molecule has 1 atom stereocenters. The van der Waals surface area contributed by atoms with Crippen molar-refractivity contribution in [2.45, 2.75) is 12.3 Å². The third-order valence-electron chi connectivity index (χ3n) is 4.01. The van der Waals surface area contributed by atoms with E-state index in [1.807, 2.05) is 24.3 Å². The Bertz CT molecular complexity index is 829. The van der Waals surface area contributed by atoms with Crippen molar-refractivity contribution in [3.63, 3.8) is 0 Å². The van der Waals surface area contributed by atoms with Crippen LogP contribution in [0.4, 0.5) is 11.4 Å². The molecule has 4 N–H and O–H groups in total. The van der Waals surface area contributed by atoms with E-state index in [1.54, 1.807) is 25.3 Å². The van der Waals surface area contributed by atoms with Crippen molar-refractivity contribution < 1.29 is 9.53 Å². The van der Waals surface area contributed by atoms with Gasteiger partial charge >= 0.3 is 0 Å². The zero-order valence-corrected chi connectivity index (χ0v) is 17.2. The van der Waals surface area contributed by atoms with E-state index in [1.165, 1.54) is 0 Å². The highest BCUT2D eigenvalue weighted by atomic mass is 127. The predicted octanol–water partition coefficient (Wildman–Crippen LogP) is 3.82. The molecule has 0 bridgehead atoms. The fourth-order valence-corrected chi connectivity index (χ4v) is 3.06. The number of hydrogen-bond acceptors (Lipinski definition) is 3. The van der Waals surface area contributed by atoms with Gasteiger partial charge in [-0.1, -0.05) is 29.8 Å². The number of hydrogen-bond donors (Lipinski definition) is 3. The van der Waals surface area contributed by atoms with Crippen molar-refractivity contribution in [3.05, 3.63) is 53.1 Å². The van der Waals surface area contributed by atoms with E-state index in [4.69, 9.17) is 22.1 Å². The zero-order valence-electron chi connectivity index (χ0n) is 14.2. The Hall–Kier alpha value is -2.00. The molecule has 0 saturated heterocycles. The van der Waals surface area contributed by atoms with Gasteiger partial charge in [0.15, 0.2) is 5.96 Å². The number of nitrogens with one attached hydrogen (secondary N) is 2. The molecule has 1 aliphatic rings. The molecule has 8 heteroatoms. The number of halogens is 2. The summed E-state index contributed by atoms with van der Waals surface area (Å²) < 4.78 is 5.12. The first-order chi connectivity index (χ1) is 12.1. The Kier molecular flexibility index (Phi) is 7.10. The van der Waals surface area contributed by atoms with Gasteiger partial charge in [-0.05, 0) is 29.8 Å². The molecule has 138 valence electrons. The maximum atomic E-state index is 11.8. The molecule has 0 fully saturated rings. The van der Waals surface area contributed by atoms with Crippen molar-refractivity contribution in [3.8, 4) is 5.75 Å². The molecule has 26 heavy (non-hydrogen) atoms. The summed E-state index contributed by atoms with van der Waals surface area (Å²) >= 11 is 6.09. The summed E-state index contributed by atoms with van der Waals surface area (Å²) in [6.07, 6.45) is 0.391. The Labute approximate surface area is 174 Å². The lowest BCUT2D eigenvalue weighted by molar-refractivity contribution is -0.116. The highest BCUT2D eigenvalue weighted by Gasteiger charge is 2.24. The zero-order chi connectivity index (χ0) is 17.8. The third kappa shape index (κ3) is 4.79. The first-order valence-corrected chi connectivity index (χ1v) is 8.24. The summed E-state index contributed by atoms with van der Waals surface area (Å²) in [7, 11) is 1.56. The average molecular weight is 487 g/mol. The highest BCUT2D eigenvalue weighted by molar-refractivity contribution is 14.0. The number of aliphatic imine (C=N–C) groups is 1. The van der Waals surface area contributed by atoms with Crippen LogP contribution in [-0.4, -0.2) is 25.5 Å². The highest BCUT2D eigenvalue weighted by Crippen LogP contribution is 2.32. The number of methoxy groups -OCH3 is 1. The van der Waals surface area contributed by atoms with Gasteiger partial charge < -0.3 is 21.1 Å². The molecule has 0 saturated carbocycles. The van der Waals surface area contributed by atoms with Crippen LogP contribution in [0, 0.1) is 0 Å². The number of anilines is 2. The van der Waals surface area contributed by atoms with Crippen molar-refractivity contribution >= 4 is 58.8 Å². The number of benzene rings is 2. The van der Waals surface area contributed by atoms with E-state index in [-0.39, 0.29) is 41.8 Å². The van der Waals surface area contributed by atoms with Gasteiger partial charge in [0.2, 0.25) is 5.91 Å². The second-order valence-electron chi connectivity index (χ2n) is 5.74. The summed E-state index contributed by atoms with van der Waals surface area (Å²) in [6, 6.07) is 13.0. The van der Waals surface area contributed by atoms with Gasteiger partial charge in [-0.25, -0.2) is 0 Å². The SMILES string of the molecule is COc1ccc(NC(N)=NCC2CC(=O)Nc3ccccc32)cc1Cl.I. The van der Waals surface area contributed by atoms with Crippen molar-refractivity contribution in [1.82, 2.24) is 0 Å². The van der Waals surface area contributed by atoms with Crippen LogP contribution in [0.5, 0.6) is 5.75 Å². The Morgan fingerprint density at radius 1 is 1.38 bits per heavy atom. The molecule has 1 aliphatic heterocycles. The standard InChI is InChI=1S/C18H19ClN4O2.HI/c1-25-16-7-6-12(9-14(16)19)22-18(20)21-10-11-8-17(24)23-15-5-3-2-4-13(11)15;/h2-7,9,11H,8,10H2,1H3,(H,23,24)(H3,20,21,22);1H. The van der Waals surface area contributed by atoms with Crippen LogP contribution in [0.25, 0.3) is 0 Å². The number of fused-ring (bicyclic) bond motifs is 1. The molecule has 1 amide bonds. The quantitative estimate of drug-likeness (QED) is 0.348. The van der Waals surface area contributed by atoms with Crippen LogP contribution < -0.4 is 21.1 Å². The summed E-state index contributed by atoms with van der Waals surface area (Å²) in [5.74, 6) is 0.856. The fraction of sp³-hybridized carbons (Fsp3) is 0.222. The second kappa shape index (κ2) is 9.09. The molecule has 0 radical (unpaired) electrons. The van der Waals surface area contributed by atoms with E-state index in [9.17, 15) is 4.79 Å². The third-order valence-corrected chi connectivity index (χ3v) is 4.31. The minimum Gasteiger partial charge on any atom is -0.495 e. The number of nitrogens with zero attached hydrogens (tertiary/aromatic N) is 1. The summed E-state index contributed by atoms with van der Waals surface area (Å²) in [5, 5.41) is 6.35. The van der Waals surface area contributed by atoms with Crippen molar-refractivity contribution in [1.29, 1.82) is 0 Å². The van der Waals surface area contributed by atoms with Gasteiger partial charge in [-0.3, -0.25) is 9.79 Å². The van der Waals surface area contributed by atoms with Crippen LogP contribution in [-0.2, 0) is 4.79 Å². The Morgan fingerprint density at radius 2 is 2.15 bits per heavy atom. The normalized spacial score (nSPS) is 16.2.